The van der Waals surface area contributed by atoms with Crippen molar-refractivity contribution in [2.24, 2.45) is 5.92 Å². The minimum atomic E-state index is 0.120. The molecule has 0 spiro atoms. The highest BCUT2D eigenvalue weighted by Crippen LogP contribution is 2.31. The van der Waals surface area contributed by atoms with E-state index in [0.717, 1.165) is 26.2 Å². The van der Waals surface area contributed by atoms with Crippen molar-refractivity contribution in [3.63, 3.8) is 0 Å². The number of nitrogens with zero attached hydrogens (tertiary/aromatic N) is 1. The lowest BCUT2D eigenvalue weighted by Crippen LogP contribution is -2.23. The summed E-state index contributed by atoms with van der Waals surface area (Å²) >= 11 is 1.89. The van der Waals surface area contributed by atoms with Crippen molar-refractivity contribution < 1.29 is 4.74 Å². The predicted octanol–water partition coefficient (Wildman–Crippen LogP) is 3.52. The first-order chi connectivity index (χ1) is 9.36. The van der Waals surface area contributed by atoms with E-state index in [0.29, 0.717) is 12.0 Å². The summed E-state index contributed by atoms with van der Waals surface area (Å²) in [5.74, 6) is 0.667. The van der Waals surface area contributed by atoms with Crippen molar-refractivity contribution in [1.29, 1.82) is 0 Å². The molecular weight excluding hydrogens is 268 g/mol. The predicted molar refractivity (Wildman–Crippen MR) is 85.4 cm³/mol. The van der Waals surface area contributed by atoms with Crippen LogP contribution in [-0.4, -0.2) is 24.2 Å². The van der Waals surface area contributed by atoms with Crippen molar-refractivity contribution in [2.75, 3.05) is 13.2 Å². The Morgan fingerprint density at radius 1 is 1.40 bits per heavy atom. The molecule has 1 unspecified atom stereocenters. The van der Waals surface area contributed by atoms with Gasteiger partial charge in [0, 0.05) is 42.5 Å². The molecule has 1 N–H and O–H groups in total. The largest absolute Gasteiger partial charge is 0.381 e. The Bertz CT molecular complexity index is 428. The van der Waals surface area contributed by atoms with E-state index < -0.39 is 0 Å². The second-order valence-electron chi connectivity index (χ2n) is 7.10. The van der Waals surface area contributed by atoms with E-state index in [4.69, 9.17) is 9.72 Å². The van der Waals surface area contributed by atoms with Crippen LogP contribution in [0.1, 0.15) is 56.6 Å². The average Bonchev–Trinajstić information content (AvgIpc) is 2.95. The van der Waals surface area contributed by atoms with Crippen molar-refractivity contribution in [1.82, 2.24) is 10.3 Å². The quantitative estimate of drug-likeness (QED) is 0.903. The molecule has 2 heterocycles. The van der Waals surface area contributed by atoms with E-state index in [9.17, 15) is 0 Å². The van der Waals surface area contributed by atoms with Crippen molar-refractivity contribution >= 4 is 11.3 Å². The van der Waals surface area contributed by atoms with Crippen LogP contribution in [0.4, 0.5) is 0 Å². The molecule has 0 aliphatic carbocycles. The van der Waals surface area contributed by atoms with Crippen LogP contribution in [0.5, 0.6) is 0 Å². The summed E-state index contributed by atoms with van der Waals surface area (Å²) in [5.41, 5.74) is 1.39. The molecule has 114 valence electrons. The van der Waals surface area contributed by atoms with Gasteiger partial charge in [-0.25, -0.2) is 4.98 Å². The van der Waals surface area contributed by atoms with Gasteiger partial charge in [0.2, 0.25) is 0 Å². The Hall–Kier alpha value is -0.450. The summed E-state index contributed by atoms with van der Waals surface area (Å²) in [6.07, 6.45) is 2.26. The fourth-order valence-corrected chi connectivity index (χ4v) is 3.83. The van der Waals surface area contributed by atoms with Crippen LogP contribution >= 0.6 is 11.3 Å². The topological polar surface area (TPSA) is 34.1 Å². The summed E-state index contributed by atoms with van der Waals surface area (Å²) in [6.45, 7) is 13.9. The highest BCUT2D eigenvalue weighted by Gasteiger charge is 2.25. The highest BCUT2D eigenvalue weighted by molar-refractivity contribution is 7.11. The summed E-state index contributed by atoms with van der Waals surface area (Å²) in [6, 6.07) is 0.511. The van der Waals surface area contributed by atoms with Gasteiger partial charge in [-0.15, -0.1) is 11.3 Å². The molecule has 1 aliphatic heterocycles. The number of ether oxygens (including phenoxy) is 1. The molecule has 1 aromatic heterocycles. The molecule has 1 aliphatic rings. The molecule has 0 radical (unpaired) electrons. The lowest BCUT2D eigenvalue weighted by molar-refractivity contribution is 0.186. The molecule has 0 aromatic carbocycles. The maximum Gasteiger partial charge on any atom is 0.0935 e. The van der Waals surface area contributed by atoms with E-state index in [2.05, 4.69) is 39.9 Å². The third-order valence-electron chi connectivity index (χ3n) is 3.61. The summed E-state index contributed by atoms with van der Waals surface area (Å²) in [7, 11) is 0. The van der Waals surface area contributed by atoms with Gasteiger partial charge in [-0.05, 0) is 12.3 Å². The second-order valence-corrected chi connectivity index (χ2v) is 8.27. The average molecular weight is 296 g/mol. The van der Waals surface area contributed by atoms with Gasteiger partial charge in [0.15, 0.2) is 0 Å². The number of nitrogens with one attached hydrogen (secondary N) is 1. The SMILES string of the molecule is CC(C)NCc1sc(CC2CCOC2)nc1C(C)(C)C. The van der Waals surface area contributed by atoms with E-state index in [1.807, 2.05) is 11.3 Å². The molecule has 1 aromatic rings. The minimum absolute atomic E-state index is 0.120. The van der Waals surface area contributed by atoms with Gasteiger partial charge in [-0.2, -0.15) is 0 Å². The number of hydrogen-bond donors (Lipinski definition) is 1. The van der Waals surface area contributed by atoms with Gasteiger partial charge in [0.1, 0.15) is 0 Å². The Morgan fingerprint density at radius 3 is 2.70 bits per heavy atom. The molecule has 2 rings (SSSR count). The summed E-state index contributed by atoms with van der Waals surface area (Å²) < 4.78 is 5.48. The minimum Gasteiger partial charge on any atom is -0.381 e. The van der Waals surface area contributed by atoms with Crippen molar-refractivity contribution in [3.8, 4) is 0 Å². The third kappa shape index (κ3) is 4.27. The van der Waals surface area contributed by atoms with Gasteiger partial charge < -0.3 is 10.1 Å². The van der Waals surface area contributed by atoms with Gasteiger partial charge >= 0.3 is 0 Å². The first kappa shape index (κ1) is 15.9. The first-order valence-corrected chi connectivity index (χ1v) is 8.48. The Morgan fingerprint density at radius 2 is 2.15 bits per heavy atom. The standard InChI is InChI=1S/C16H28N2OS/c1-11(2)17-9-13-15(16(3,4)5)18-14(20-13)8-12-6-7-19-10-12/h11-12,17H,6-10H2,1-5H3. The van der Waals surface area contributed by atoms with E-state index >= 15 is 0 Å². The molecule has 1 saturated heterocycles. The lowest BCUT2D eigenvalue weighted by Gasteiger charge is -2.18. The summed E-state index contributed by atoms with van der Waals surface area (Å²) in [4.78, 5) is 6.35. The maximum atomic E-state index is 5.48. The number of hydrogen-bond acceptors (Lipinski definition) is 4. The molecule has 0 saturated carbocycles. The second kappa shape index (κ2) is 6.54. The lowest BCUT2D eigenvalue weighted by atomic mass is 9.91. The third-order valence-corrected chi connectivity index (χ3v) is 4.69. The van der Waals surface area contributed by atoms with Crippen LogP contribution in [-0.2, 0) is 23.1 Å². The van der Waals surface area contributed by atoms with Crippen LogP contribution in [0.3, 0.4) is 0 Å². The van der Waals surface area contributed by atoms with Crippen molar-refractivity contribution in [3.05, 3.63) is 15.6 Å². The molecule has 0 bridgehead atoms. The van der Waals surface area contributed by atoms with Crippen LogP contribution < -0.4 is 5.32 Å². The monoisotopic (exact) mass is 296 g/mol. The molecule has 1 atom stereocenters. The molecular formula is C16H28N2OS. The summed E-state index contributed by atoms with van der Waals surface area (Å²) in [5, 5.41) is 4.81. The van der Waals surface area contributed by atoms with Crippen LogP contribution in [0.15, 0.2) is 0 Å². The fraction of sp³-hybridized carbons (Fsp3) is 0.812. The fourth-order valence-electron chi connectivity index (χ4n) is 2.48. The van der Waals surface area contributed by atoms with Crippen molar-refractivity contribution in [2.45, 2.75) is 65.5 Å². The van der Waals surface area contributed by atoms with E-state index in [-0.39, 0.29) is 5.41 Å². The zero-order valence-electron chi connectivity index (χ0n) is 13.5. The molecule has 4 heteroatoms. The van der Waals surface area contributed by atoms with Gasteiger partial charge in [0.05, 0.1) is 10.7 Å². The molecule has 20 heavy (non-hydrogen) atoms. The van der Waals surface area contributed by atoms with E-state index in [1.54, 1.807) is 0 Å². The highest BCUT2D eigenvalue weighted by atomic mass is 32.1. The zero-order valence-corrected chi connectivity index (χ0v) is 14.3. The normalized spacial score (nSPS) is 20.0. The first-order valence-electron chi connectivity index (χ1n) is 7.66. The van der Waals surface area contributed by atoms with Gasteiger partial charge in [-0.3, -0.25) is 0 Å². The number of aromatic nitrogens is 1. The number of thiazole rings is 1. The number of rotatable bonds is 5. The smallest absolute Gasteiger partial charge is 0.0935 e. The van der Waals surface area contributed by atoms with Gasteiger partial charge in [0.25, 0.3) is 0 Å². The van der Waals surface area contributed by atoms with Crippen LogP contribution in [0.25, 0.3) is 0 Å². The molecule has 3 nitrogen and oxygen atoms in total. The zero-order chi connectivity index (χ0) is 14.8. The Kier molecular flexibility index (Phi) is 5.21. The van der Waals surface area contributed by atoms with Gasteiger partial charge in [-0.1, -0.05) is 34.6 Å². The van der Waals surface area contributed by atoms with Crippen LogP contribution in [0.2, 0.25) is 0 Å². The Balaban J connectivity index is 2.13. The maximum absolute atomic E-state index is 5.48. The van der Waals surface area contributed by atoms with E-state index in [1.165, 1.54) is 22.0 Å². The Labute approximate surface area is 127 Å². The molecule has 1 fully saturated rings. The van der Waals surface area contributed by atoms with Crippen LogP contribution in [0, 0.1) is 5.92 Å². The molecule has 0 amide bonds.